The highest BCUT2D eigenvalue weighted by Crippen LogP contribution is 2.53. The minimum atomic E-state index is -0.326. The Labute approximate surface area is 191 Å². The molecule has 2 amide bonds. The molecular formula is C27H35N3O2. The third-order valence-corrected chi connectivity index (χ3v) is 7.08. The first-order valence-electron chi connectivity index (χ1n) is 11.9. The summed E-state index contributed by atoms with van der Waals surface area (Å²) in [5.74, 6) is -0.0366. The summed E-state index contributed by atoms with van der Waals surface area (Å²) in [5.41, 5.74) is 3.37. The minimum absolute atomic E-state index is 0.0376. The Balaban J connectivity index is 1.73. The largest absolute Gasteiger partial charge is 0.354 e. The molecule has 170 valence electrons. The second-order valence-electron chi connectivity index (χ2n) is 9.66. The van der Waals surface area contributed by atoms with Gasteiger partial charge in [0.15, 0.2) is 0 Å². The van der Waals surface area contributed by atoms with Crippen LogP contribution < -0.4 is 10.6 Å². The van der Waals surface area contributed by atoms with Gasteiger partial charge in [-0.25, -0.2) is 0 Å². The van der Waals surface area contributed by atoms with E-state index in [0.29, 0.717) is 13.0 Å². The van der Waals surface area contributed by atoms with Crippen molar-refractivity contribution in [1.82, 2.24) is 15.5 Å². The van der Waals surface area contributed by atoms with Crippen molar-refractivity contribution in [2.75, 3.05) is 13.1 Å². The van der Waals surface area contributed by atoms with Gasteiger partial charge in [-0.2, -0.15) is 0 Å². The van der Waals surface area contributed by atoms with Gasteiger partial charge in [0.05, 0.1) is 12.0 Å². The maximum atomic E-state index is 13.5. The molecule has 5 heteroatoms. The molecule has 1 aliphatic heterocycles. The van der Waals surface area contributed by atoms with Crippen molar-refractivity contribution < 1.29 is 9.59 Å². The van der Waals surface area contributed by atoms with Gasteiger partial charge in [0.25, 0.3) is 0 Å². The molecular weight excluding hydrogens is 398 g/mol. The smallest absolute Gasteiger partial charge is 0.225 e. The number of likely N-dealkylation sites (tertiary alicyclic amines) is 1. The van der Waals surface area contributed by atoms with Gasteiger partial charge in [-0.15, -0.1) is 0 Å². The van der Waals surface area contributed by atoms with Crippen molar-refractivity contribution in [1.29, 1.82) is 0 Å². The summed E-state index contributed by atoms with van der Waals surface area (Å²) in [6.45, 7) is 8.21. The first-order chi connectivity index (χ1) is 15.4. The summed E-state index contributed by atoms with van der Waals surface area (Å²) >= 11 is 0. The lowest BCUT2D eigenvalue weighted by atomic mass is 9.62. The molecule has 2 aromatic carbocycles. The Morgan fingerprint density at radius 2 is 1.81 bits per heavy atom. The van der Waals surface area contributed by atoms with E-state index < -0.39 is 0 Å². The monoisotopic (exact) mass is 433 g/mol. The molecule has 5 nitrogen and oxygen atoms in total. The molecule has 0 unspecified atom stereocenters. The Kier molecular flexibility index (Phi) is 6.66. The summed E-state index contributed by atoms with van der Waals surface area (Å²) in [7, 11) is 0. The van der Waals surface area contributed by atoms with E-state index in [1.54, 1.807) is 0 Å². The highest BCUT2D eigenvalue weighted by atomic mass is 16.2. The van der Waals surface area contributed by atoms with Gasteiger partial charge in [-0.05, 0) is 43.4 Å². The van der Waals surface area contributed by atoms with Crippen LogP contribution in [0.25, 0.3) is 0 Å². The second-order valence-corrected chi connectivity index (χ2v) is 9.66. The quantitative estimate of drug-likeness (QED) is 0.728. The third kappa shape index (κ3) is 4.44. The van der Waals surface area contributed by atoms with Crippen LogP contribution in [0.2, 0.25) is 0 Å². The zero-order chi connectivity index (χ0) is 22.7. The zero-order valence-corrected chi connectivity index (χ0v) is 19.4. The number of hydrogen-bond acceptors (Lipinski definition) is 3. The molecule has 1 saturated heterocycles. The topological polar surface area (TPSA) is 61.4 Å². The molecule has 1 fully saturated rings. The molecule has 2 aliphatic rings. The molecule has 0 radical (unpaired) electrons. The van der Waals surface area contributed by atoms with Crippen LogP contribution in [-0.2, 0) is 22.6 Å². The summed E-state index contributed by atoms with van der Waals surface area (Å²) in [6, 6.07) is 18.8. The Morgan fingerprint density at radius 1 is 1.09 bits per heavy atom. The van der Waals surface area contributed by atoms with E-state index in [9.17, 15) is 9.59 Å². The van der Waals surface area contributed by atoms with E-state index in [-0.39, 0.29) is 35.2 Å². The van der Waals surface area contributed by atoms with E-state index in [0.717, 1.165) is 25.9 Å². The average molecular weight is 434 g/mol. The Hall–Kier alpha value is -2.66. The molecule has 1 aliphatic carbocycles. The van der Waals surface area contributed by atoms with Gasteiger partial charge in [0.1, 0.15) is 0 Å². The first-order valence-corrected chi connectivity index (χ1v) is 11.9. The lowest BCUT2D eigenvalue weighted by molar-refractivity contribution is -0.131. The van der Waals surface area contributed by atoms with Crippen molar-refractivity contribution in [2.24, 2.45) is 11.3 Å². The molecule has 0 aromatic heterocycles. The first kappa shape index (κ1) is 22.5. The van der Waals surface area contributed by atoms with Crippen LogP contribution >= 0.6 is 0 Å². The number of nitrogens with one attached hydrogen (secondary N) is 2. The highest BCUT2D eigenvalue weighted by Gasteiger charge is 2.56. The van der Waals surface area contributed by atoms with Crippen LogP contribution in [0.1, 0.15) is 56.3 Å². The molecule has 4 rings (SSSR count). The van der Waals surface area contributed by atoms with Gasteiger partial charge in [-0.1, -0.05) is 61.5 Å². The number of aryl methyl sites for hydroxylation is 1. The number of amides is 2. The summed E-state index contributed by atoms with van der Waals surface area (Å²) in [6.07, 6.45) is 2.25. The van der Waals surface area contributed by atoms with Crippen LogP contribution in [0.4, 0.5) is 0 Å². The molecule has 2 N–H and O–H groups in total. The van der Waals surface area contributed by atoms with E-state index in [1.165, 1.54) is 16.7 Å². The molecule has 32 heavy (non-hydrogen) atoms. The lowest BCUT2D eigenvalue weighted by Crippen LogP contribution is -2.52. The number of rotatable bonds is 6. The third-order valence-electron chi connectivity index (χ3n) is 7.08. The van der Waals surface area contributed by atoms with E-state index in [4.69, 9.17) is 0 Å². The summed E-state index contributed by atoms with van der Waals surface area (Å²) in [4.78, 5) is 28.5. The van der Waals surface area contributed by atoms with Crippen molar-refractivity contribution >= 4 is 11.8 Å². The molecule has 2 aromatic rings. The number of benzene rings is 2. The van der Waals surface area contributed by atoms with Crippen molar-refractivity contribution in [3.63, 3.8) is 0 Å². The van der Waals surface area contributed by atoms with Gasteiger partial charge in [0, 0.05) is 37.5 Å². The van der Waals surface area contributed by atoms with Crippen LogP contribution in [0.5, 0.6) is 0 Å². The minimum Gasteiger partial charge on any atom is -0.354 e. The number of nitrogens with zero attached hydrogens (tertiary/aromatic N) is 1. The predicted octanol–water partition coefficient (Wildman–Crippen LogP) is 3.84. The van der Waals surface area contributed by atoms with Gasteiger partial charge in [-0.3, -0.25) is 14.5 Å². The Morgan fingerprint density at radius 3 is 2.53 bits per heavy atom. The number of carbonyl (C=O) groups excluding carboxylic acids is 2. The van der Waals surface area contributed by atoms with Gasteiger partial charge < -0.3 is 10.6 Å². The van der Waals surface area contributed by atoms with Crippen molar-refractivity contribution in [3.05, 3.63) is 71.3 Å². The Bertz CT molecular complexity index is 958. The molecule has 1 heterocycles. The number of hydrogen-bond donors (Lipinski definition) is 2. The van der Waals surface area contributed by atoms with Crippen molar-refractivity contribution in [3.8, 4) is 0 Å². The maximum absolute atomic E-state index is 13.5. The molecule has 1 spiro atoms. The normalized spacial score (nSPS) is 25.0. The second kappa shape index (κ2) is 9.45. The van der Waals surface area contributed by atoms with E-state index >= 15 is 0 Å². The molecule has 3 atom stereocenters. The lowest BCUT2D eigenvalue weighted by Gasteiger charge is -2.46. The standard InChI is InChI=1S/C27H35N3O2/c1-4-24(31)29-25-22-13-9-8-12-21(22)14-15-27(25)18-30(16-20-10-6-5-7-11-20)17-23(27)26(32)28-19(2)3/h5-13,19,23,25H,4,14-18H2,1-3H3,(H,28,32)(H,29,31)/t23-,25+,27-/m0/s1. The molecule has 0 saturated carbocycles. The average Bonchev–Trinajstić information content (AvgIpc) is 3.14. The summed E-state index contributed by atoms with van der Waals surface area (Å²) in [5, 5.41) is 6.51. The fourth-order valence-electron chi connectivity index (χ4n) is 5.62. The predicted molar refractivity (Wildman–Crippen MR) is 127 cm³/mol. The SMILES string of the molecule is CCC(=O)N[C@@H]1c2ccccc2CC[C@@]12CN(Cc1ccccc1)C[C@H]2C(=O)NC(C)C. The fraction of sp³-hybridized carbons (Fsp3) is 0.481. The van der Waals surface area contributed by atoms with Gasteiger partial charge in [0.2, 0.25) is 11.8 Å². The van der Waals surface area contributed by atoms with Crippen LogP contribution in [0.15, 0.2) is 54.6 Å². The number of fused-ring (bicyclic) bond motifs is 1. The van der Waals surface area contributed by atoms with E-state index in [1.807, 2.05) is 32.9 Å². The van der Waals surface area contributed by atoms with Crippen LogP contribution in [-0.4, -0.2) is 35.8 Å². The zero-order valence-electron chi connectivity index (χ0n) is 19.4. The van der Waals surface area contributed by atoms with Crippen LogP contribution in [0, 0.1) is 11.3 Å². The van der Waals surface area contributed by atoms with E-state index in [2.05, 4.69) is 58.0 Å². The highest BCUT2D eigenvalue weighted by molar-refractivity contribution is 5.81. The molecule has 0 bridgehead atoms. The summed E-state index contributed by atoms with van der Waals surface area (Å²) < 4.78 is 0. The fourth-order valence-corrected chi connectivity index (χ4v) is 5.62. The van der Waals surface area contributed by atoms with Crippen LogP contribution in [0.3, 0.4) is 0 Å². The van der Waals surface area contributed by atoms with Gasteiger partial charge >= 0.3 is 0 Å². The maximum Gasteiger partial charge on any atom is 0.225 e. The van der Waals surface area contributed by atoms with Crippen molar-refractivity contribution in [2.45, 2.75) is 58.7 Å². The number of carbonyl (C=O) groups is 2.